The molecule has 0 saturated carbocycles. The second-order valence-electron chi connectivity index (χ2n) is 4.80. The van der Waals surface area contributed by atoms with Crippen LogP contribution in [0.2, 0.25) is 0 Å². The summed E-state index contributed by atoms with van der Waals surface area (Å²) in [5.74, 6) is 0.638. The van der Waals surface area contributed by atoms with Crippen molar-refractivity contribution in [3.63, 3.8) is 0 Å². The lowest BCUT2D eigenvalue weighted by atomic mass is 10.1. The lowest BCUT2D eigenvalue weighted by Gasteiger charge is -2.13. The molecule has 0 aliphatic carbocycles. The van der Waals surface area contributed by atoms with Gasteiger partial charge in [-0.15, -0.1) is 0 Å². The van der Waals surface area contributed by atoms with Crippen LogP contribution in [0.5, 0.6) is 11.5 Å². The summed E-state index contributed by atoms with van der Waals surface area (Å²) in [5.41, 5.74) is 1.24. The maximum atomic E-state index is 11.5. The van der Waals surface area contributed by atoms with E-state index in [0.717, 1.165) is 5.56 Å². The molecule has 2 amide bonds. The first kappa shape index (κ1) is 14.1. The Bertz CT molecular complexity index is 575. The van der Waals surface area contributed by atoms with E-state index in [2.05, 4.69) is 5.32 Å². The zero-order valence-electron chi connectivity index (χ0n) is 11.7. The van der Waals surface area contributed by atoms with E-state index in [-0.39, 0.29) is 24.3 Å². The Balaban J connectivity index is 2.28. The van der Waals surface area contributed by atoms with Crippen LogP contribution in [0, 0.1) is 0 Å². The van der Waals surface area contributed by atoms with Gasteiger partial charge in [0.25, 0.3) is 5.91 Å². The molecule has 20 heavy (non-hydrogen) atoms. The van der Waals surface area contributed by atoms with Crippen molar-refractivity contribution in [2.24, 2.45) is 0 Å². The third-order valence-electron chi connectivity index (χ3n) is 2.79. The van der Waals surface area contributed by atoms with Gasteiger partial charge in [-0.1, -0.05) is 6.07 Å². The van der Waals surface area contributed by atoms with E-state index in [1.54, 1.807) is 25.3 Å². The first-order valence-electron chi connectivity index (χ1n) is 6.39. The standard InChI is InChI=1S/C15H17NO4/c1-9(2)20-12-5-4-10(7-13(12)19-3)6-11-8-14(17)16-15(11)18/h4-7,9H,8H2,1-3H3,(H,16,17,18). The Labute approximate surface area is 117 Å². The van der Waals surface area contributed by atoms with E-state index in [0.29, 0.717) is 17.1 Å². The van der Waals surface area contributed by atoms with Crippen molar-refractivity contribution in [1.29, 1.82) is 0 Å². The smallest absolute Gasteiger partial charge is 0.254 e. The third kappa shape index (κ3) is 3.17. The average Bonchev–Trinajstić information content (AvgIpc) is 2.69. The summed E-state index contributed by atoms with van der Waals surface area (Å²) in [5, 5.41) is 2.25. The molecule has 1 aromatic carbocycles. The van der Waals surface area contributed by atoms with E-state index < -0.39 is 0 Å². The van der Waals surface area contributed by atoms with Crippen LogP contribution in [0.4, 0.5) is 0 Å². The lowest BCUT2D eigenvalue weighted by molar-refractivity contribution is -0.124. The van der Waals surface area contributed by atoms with E-state index in [1.807, 2.05) is 19.9 Å². The molecule has 1 aromatic rings. The van der Waals surface area contributed by atoms with Crippen molar-refractivity contribution in [3.05, 3.63) is 29.3 Å². The van der Waals surface area contributed by atoms with Gasteiger partial charge in [-0.05, 0) is 37.6 Å². The van der Waals surface area contributed by atoms with Crippen molar-refractivity contribution in [1.82, 2.24) is 5.32 Å². The number of ether oxygens (including phenoxy) is 2. The van der Waals surface area contributed by atoms with Crippen molar-refractivity contribution < 1.29 is 19.1 Å². The van der Waals surface area contributed by atoms with E-state index in [1.165, 1.54) is 0 Å². The molecular weight excluding hydrogens is 258 g/mol. The van der Waals surface area contributed by atoms with Crippen molar-refractivity contribution >= 4 is 17.9 Å². The highest BCUT2D eigenvalue weighted by Crippen LogP contribution is 2.30. The molecule has 106 valence electrons. The van der Waals surface area contributed by atoms with E-state index in [9.17, 15) is 9.59 Å². The van der Waals surface area contributed by atoms with Crippen LogP contribution in [-0.4, -0.2) is 25.0 Å². The minimum atomic E-state index is -0.337. The Morgan fingerprint density at radius 2 is 2.00 bits per heavy atom. The number of carbonyl (C=O) groups excluding carboxylic acids is 2. The summed E-state index contributed by atoms with van der Waals surface area (Å²) in [6.07, 6.45) is 1.85. The summed E-state index contributed by atoms with van der Waals surface area (Å²) in [7, 11) is 1.56. The van der Waals surface area contributed by atoms with Crippen LogP contribution in [0.15, 0.2) is 23.8 Å². The van der Waals surface area contributed by atoms with Gasteiger partial charge in [0.1, 0.15) is 0 Å². The highest BCUT2D eigenvalue weighted by molar-refractivity contribution is 6.15. The van der Waals surface area contributed by atoms with Gasteiger partial charge in [0.15, 0.2) is 11.5 Å². The van der Waals surface area contributed by atoms with Crippen molar-refractivity contribution in [3.8, 4) is 11.5 Å². The number of nitrogens with one attached hydrogen (secondary N) is 1. The molecule has 1 fully saturated rings. The molecule has 0 atom stereocenters. The van der Waals surface area contributed by atoms with Gasteiger partial charge in [0.05, 0.1) is 19.6 Å². The minimum absolute atomic E-state index is 0.0475. The number of imide groups is 1. The van der Waals surface area contributed by atoms with Gasteiger partial charge in [-0.2, -0.15) is 0 Å². The maximum absolute atomic E-state index is 11.5. The van der Waals surface area contributed by atoms with Crippen LogP contribution in [0.3, 0.4) is 0 Å². The second kappa shape index (κ2) is 5.77. The minimum Gasteiger partial charge on any atom is -0.493 e. The molecule has 1 heterocycles. The lowest BCUT2D eigenvalue weighted by Crippen LogP contribution is -2.19. The third-order valence-corrected chi connectivity index (χ3v) is 2.79. The predicted octanol–water partition coefficient (Wildman–Crippen LogP) is 1.91. The summed E-state index contributed by atoms with van der Waals surface area (Å²) >= 11 is 0. The van der Waals surface area contributed by atoms with Crippen LogP contribution in [0.1, 0.15) is 25.8 Å². The average molecular weight is 275 g/mol. The monoisotopic (exact) mass is 275 g/mol. The molecule has 5 heteroatoms. The van der Waals surface area contributed by atoms with Gasteiger partial charge in [-0.25, -0.2) is 0 Å². The fourth-order valence-corrected chi connectivity index (χ4v) is 1.95. The molecule has 5 nitrogen and oxygen atoms in total. The summed E-state index contributed by atoms with van der Waals surface area (Å²) in [4.78, 5) is 22.6. The number of carbonyl (C=O) groups is 2. The number of methoxy groups -OCH3 is 1. The molecule has 0 unspecified atom stereocenters. The first-order valence-corrected chi connectivity index (χ1v) is 6.39. The van der Waals surface area contributed by atoms with Crippen molar-refractivity contribution in [2.75, 3.05) is 7.11 Å². The highest BCUT2D eigenvalue weighted by Gasteiger charge is 2.23. The Kier molecular flexibility index (Phi) is 4.08. The SMILES string of the molecule is COc1cc(C=C2CC(=O)NC2=O)ccc1OC(C)C. The van der Waals surface area contributed by atoms with E-state index in [4.69, 9.17) is 9.47 Å². The molecule has 1 N–H and O–H groups in total. The molecule has 0 bridgehead atoms. The molecule has 0 aromatic heterocycles. The number of hydrogen-bond donors (Lipinski definition) is 1. The molecule has 1 aliphatic rings. The summed E-state index contributed by atoms with van der Waals surface area (Å²) < 4.78 is 10.9. The molecule has 1 saturated heterocycles. The summed E-state index contributed by atoms with van der Waals surface area (Å²) in [6, 6.07) is 5.39. The number of amides is 2. The zero-order chi connectivity index (χ0) is 14.7. The van der Waals surface area contributed by atoms with Gasteiger partial charge in [-0.3, -0.25) is 14.9 Å². The van der Waals surface area contributed by atoms with E-state index >= 15 is 0 Å². The molecule has 2 rings (SSSR count). The number of rotatable bonds is 4. The Morgan fingerprint density at radius 1 is 1.25 bits per heavy atom. The Hall–Kier alpha value is -2.30. The maximum Gasteiger partial charge on any atom is 0.254 e. The molecule has 1 aliphatic heterocycles. The molecule has 0 spiro atoms. The van der Waals surface area contributed by atoms with Gasteiger partial charge in [0, 0.05) is 5.57 Å². The molecule has 0 radical (unpaired) electrons. The predicted molar refractivity (Wildman–Crippen MR) is 74.5 cm³/mol. The number of hydrogen-bond acceptors (Lipinski definition) is 4. The fraction of sp³-hybridized carbons (Fsp3) is 0.333. The van der Waals surface area contributed by atoms with Crippen LogP contribution < -0.4 is 14.8 Å². The summed E-state index contributed by atoms with van der Waals surface area (Å²) in [6.45, 7) is 3.87. The van der Waals surface area contributed by atoms with Crippen LogP contribution in [0.25, 0.3) is 6.08 Å². The molecular formula is C15H17NO4. The van der Waals surface area contributed by atoms with Gasteiger partial charge >= 0.3 is 0 Å². The van der Waals surface area contributed by atoms with Crippen LogP contribution >= 0.6 is 0 Å². The second-order valence-corrected chi connectivity index (χ2v) is 4.80. The van der Waals surface area contributed by atoms with Crippen molar-refractivity contribution in [2.45, 2.75) is 26.4 Å². The normalized spacial score (nSPS) is 16.7. The van der Waals surface area contributed by atoms with Gasteiger partial charge in [0.2, 0.25) is 5.91 Å². The number of benzene rings is 1. The topological polar surface area (TPSA) is 64.6 Å². The Morgan fingerprint density at radius 3 is 2.55 bits per heavy atom. The quantitative estimate of drug-likeness (QED) is 0.673. The van der Waals surface area contributed by atoms with Crippen LogP contribution in [-0.2, 0) is 9.59 Å². The highest BCUT2D eigenvalue weighted by atomic mass is 16.5. The fourth-order valence-electron chi connectivity index (χ4n) is 1.95. The zero-order valence-corrected chi connectivity index (χ0v) is 11.7. The van der Waals surface area contributed by atoms with Gasteiger partial charge < -0.3 is 9.47 Å². The first-order chi connectivity index (χ1) is 9.49. The largest absolute Gasteiger partial charge is 0.493 e.